The van der Waals surface area contributed by atoms with Crippen molar-refractivity contribution in [1.29, 1.82) is 0 Å². The van der Waals surface area contributed by atoms with E-state index in [0.29, 0.717) is 18.8 Å². The summed E-state index contributed by atoms with van der Waals surface area (Å²) >= 11 is 0. The summed E-state index contributed by atoms with van der Waals surface area (Å²) in [6.45, 7) is 6.02. The van der Waals surface area contributed by atoms with Crippen molar-refractivity contribution in [1.82, 2.24) is 14.7 Å². The number of benzene rings is 1. The molecule has 0 aliphatic rings. The molecular weight excluding hydrogens is 352 g/mol. The van der Waals surface area contributed by atoms with Crippen LogP contribution in [0.4, 0.5) is 0 Å². The maximum atomic E-state index is 12.6. The lowest BCUT2D eigenvalue weighted by atomic mass is 10.2. The van der Waals surface area contributed by atoms with Crippen molar-refractivity contribution < 1.29 is 13.2 Å². The van der Waals surface area contributed by atoms with Gasteiger partial charge in [0.25, 0.3) is 5.91 Å². The minimum absolute atomic E-state index is 0.0850. The summed E-state index contributed by atoms with van der Waals surface area (Å²) in [5.41, 5.74) is 4.05. The predicted octanol–water partition coefficient (Wildman–Crippen LogP) is 2.27. The topological polar surface area (TPSA) is 91.7 Å². The number of nitrogens with zero attached hydrogens (tertiary/aromatic N) is 3. The minimum Gasteiger partial charge on any atom is -0.267 e. The van der Waals surface area contributed by atoms with Gasteiger partial charge < -0.3 is 0 Å². The number of sulfonamides is 1. The second-order valence-corrected chi connectivity index (χ2v) is 7.43. The third-order valence-corrected chi connectivity index (χ3v) is 5.89. The fourth-order valence-corrected chi connectivity index (χ4v) is 3.86. The Morgan fingerprint density at radius 3 is 2.46 bits per heavy atom. The maximum Gasteiger partial charge on any atom is 0.271 e. The minimum atomic E-state index is -3.62. The van der Waals surface area contributed by atoms with Crippen molar-refractivity contribution in [3.63, 3.8) is 0 Å². The molecule has 1 aromatic heterocycles. The summed E-state index contributed by atoms with van der Waals surface area (Å²) in [6, 6.07) is 9.54. The number of nitrogens with one attached hydrogen (secondary N) is 1. The van der Waals surface area contributed by atoms with Crippen LogP contribution in [0.1, 0.15) is 36.7 Å². The molecule has 0 aliphatic heterocycles. The zero-order valence-electron chi connectivity index (χ0n) is 15.0. The summed E-state index contributed by atoms with van der Waals surface area (Å²) in [4.78, 5) is 16.4. The van der Waals surface area contributed by atoms with Crippen molar-refractivity contribution in [3.8, 4) is 0 Å². The molecule has 1 heterocycles. The highest BCUT2D eigenvalue weighted by Gasteiger charge is 2.22. The van der Waals surface area contributed by atoms with E-state index in [4.69, 9.17) is 0 Å². The van der Waals surface area contributed by atoms with Gasteiger partial charge in [0.1, 0.15) is 0 Å². The molecule has 2 aromatic rings. The van der Waals surface area contributed by atoms with E-state index in [1.165, 1.54) is 16.4 Å². The fourth-order valence-electron chi connectivity index (χ4n) is 2.35. The SMILES string of the molecule is CCN(CC)S(=O)(=O)c1cccc(C(=O)N/N=C(\C)c2cccnc2)c1. The van der Waals surface area contributed by atoms with Crippen LogP contribution in [0.15, 0.2) is 58.8 Å². The first-order chi connectivity index (χ1) is 12.4. The highest BCUT2D eigenvalue weighted by atomic mass is 32.2. The molecular formula is C18H22N4O3S. The number of carbonyl (C=O) groups is 1. The molecule has 0 fully saturated rings. The highest BCUT2D eigenvalue weighted by molar-refractivity contribution is 7.89. The lowest BCUT2D eigenvalue weighted by Crippen LogP contribution is -2.30. The monoisotopic (exact) mass is 374 g/mol. The number of amides is 1. The van der Waals surface area contributed by atoms with E-state index in [-0.39, 0.29) is 10.5 Å². The Balaban J connectivity index is 2.21. The number of rotatable bonds is 7. The first-order valence-electron chi connectivity index (χ1n) is 8.25. The molecule has 1 N–H and O–H groups in total. The van der Waals surface area contributed by atoms with Crippen LogP contribution in [0.25, 0.3) is 0 Å². The molecule has 26 heavy (non-hydrogen) atoms. The normalized spacial score (nSPS) is 12.2. The van der Waals surface area contributed by atoms with Gasteiger partial charge in [-0.15, -0.1) is 0 Å². The van der Waals surface area contributed by atoms with Crippen LogP contribution in [0.3, 0.4) is 0 Å². The van der Waals surface area contributed by atoms with Gasteiger partial charge in [0, 0.05) is 36.6 Å². The van der Waals surface area contributed by atoms with Crippen molar-refractivity contribution >= 4 is 21.6 Å². The molecule has 0 radical (unpaired) electrons. The Morgan fingerprint density at radius 2 is 1.85 bits per heavy atom. The predicted molar refractivity (Wildman–Crippen MR) is 100 cm³/mol. The van der Waals surface area contributed by atoms with Gasteiger partial charge in [-0.1, -0.05) is 26.0 Å². The van der Waals surface area contributed by atoms with E-state index in [1.54, 1.807) is 51.4 Å². The molecule has 138 valence electrons. The van der Waals surface area contributed by atoms with Crippen LogP contribution in [0.5, 0.6) is 0 Å². The quantitative estimate of drug-likeness (QED) is 0.594. The second-order valence-electron chi connectivity index (χ2n) is 5.50. The molecule has 2 rings (SSSR count). The Kier molecular flexibility index (Phi) is 6.59. The van der Waals surface area contributed by atoms with E-state index in [0.717, 1.165) is 5.56 Å². The zero-order valence-corrected chi connectivity index (χ0v) is 15.8. The molecule has 0 unspecified atom stereocenters. The number of hydrogen-bond donors (Lipinski definition) is 1. The van der Waals surface area contributed by atoms with Gasteiger partial charge in [0.2, 0.25) is 10.0 Å². The molecule has 0 aliphatic carbocycles. The van der Waals surface area contributed by atoms with E-state index >= 15 is 0 Å². The van der Waals surface area contributed by atoms with Gasteiger partial charge in [0.15, 0.2) is 0 Å². The van der Waals surface area contributed by atoms with Gasteiger partial charge in [0.05, 0.1) is 10.6 Å². The highest BCUT2D eigenvalue weighted by Crippen LogP contribution is 2.17. The van der Waals surface area contributed by atoms with Crippen molar-refractivity contribution in [3.05, 3.63) is 59.9 Å². The number of hydrazone groups is 1. The van der Waals surface area contributed by atoms with Crippen LogP contribution in [-0.2, 0) is 10.0 Å². The van der Waals surface area contributed by atoms with Crippen LogP contribution in [-0.4, -0.2) is 42.4 Å². The van der Waals surface area contributed by atoms with Crippen LogP contribution >= 0.6 is 0 Å². The van der Waals surface area contributed by atoms with Crippen LogP contribution < -0.4 is 5.43 Å². The third-order valence-electron chi connectivity index (χ3n) is 3.84. The van der Waals surface area contributed by atoms with Crippen LogP contribution in [0.2, 0.25) is 0 Å². The van der Waals surface area contributed by atoms with Crippen molar-refractivity contribution in [2.75, 3.05) is 13.1 Å². The maximum absolute atomic E-state index is 12.6. The first kappa shape index (κ1) is 19.7. The molecule has 8 heteroatoms. The fraction of sp³-hybridized carbons (Fsp3) is 0.278. The van der Waals surface area contributed by atoms with Crippen molar-refractivity contribution in [2.24, 2.45) is 5.10 Å². The molecule has 1 aromatic carbocycles. The standard InChI is InChI=1S/C18H22N4O3S/c1-4-22(5-2)26(24,25)17-10-6-8-15(12-17)18(23)21-20-14(3)16-9-7-11-19-13-16/h6-13H,4-5H2,1-3H3,(H,21,23)/b20-14+. The van der Waals surface area contributed by atoms with Gasteiger partial charge >= 0.3 is 0 Å². The summed E-state index contributed by atoms with van der Waals surface area (Å²) in [6.07, 6.45) is 3.29. The summed E-state index contributed by atoms with van der Waals surface area (Å²) in [5, 5.41) is 4.05. The van der Waals surface area contributed by atoms with E-state index < -0.39 is 15.9 Å². The molecule has 7 nitrogen and oxygen atoms in total. The first-order valence-corrected chi connectivity index (χ1v) is 9.69. The zero-order chi connectivity index (χ0) is 19.2. The largest absolute Gasteiger partial charge is 0.271 e. The molecule has 0 saturated heterocycles. The average molecular weight is 374 g/mol. The average Bonchev–Trinajstić information content (AvgIpc) is 2.67. The summed E-state index contributed by atoms with van der Waals surface area (Å²) in [5.74, 6) is -0.482. The van der Waals surface area contributed by atoms with Gasteiger partial charge in [-0.25, -0.2) is 13.8 Å². The third kappa shape index (κ3) is 4.53. The summed E-state index contributed by atoms with van der Waals surface area (Å²) < 4.78 is 26.5. The van der Waals surface area contributed by atoms with E-state index in [9.17, 15) is 13.2 Å². The summed E-state index contributed by atoms with van der Waals surface area (Å²) in [7, 11) is -3.62. The Labute approximate surface area is 153 Å². The molecule has 0 spiro atoms. The Bertz CT molecular complexity index is 892. The Morgan fingerprint density at radius 1 is 1.15 bits per heavy atom. The van der Waals surface area contributed by atoms with E-state index in [1.807, 2.05) is 6.07 Å². The smallest absolute Gasteiger partial charge is 0.267 e. The lowest BCUT2D eigenvalue weighted by molar-refractivity contribution is 0.0954. The Hall–Kier alpha value is -2.58. The second kappa shape index (κ2) is 8.68. The van der Waals surface area contributed by atoms with E-state index in [2.05, 4.69) is 15.5 Å². The number of hydrogen-bond acceptors (Lipinski definition) is 5. The number of aromatic nitrogens is 1. The number of carbonyl (C=O) groups excluding carboxylic acids is 1. The lowest BCUT2D eigenvalue weighted by Gasteiger charge is -2.18. The molecule has 1 amide bonds. The molecule has 0 saturated carbocycles. The van der Waals surface area contributed by atoms with Crippen molar-refractivity contribution in [2.45, 2.75) is 25.7 Å². The number of pyridine rings is 1. The van der Waals surface area contributed by atoms with Gasteiger partial charge in [-0.3, -0.25) is 9.78 Å². The molecule has 0 atom stereocenters. The van der Waals surface area contributed by atoms with Gasteiger partial charge in [-0.05, 0) is 31.2 Å². The van der Waals surface area contributed by atoms with Gasteiger partial charge in [-0.2, -0.15) is 9.41 Å². The molecule has 0 bridgehead atoms. The van der Waals surface area contributed by atoms with Crippen LogP contribution in [0, 0.1) is 0 Å².